The van der Waals surface area contributed by atoms with Crippen molar-refractivity contribution in [1.29, 1.82) is 5.26 Å². The van der Waals surface area contributed by atoms with Crippen molar-refractivity contribution in [1.82, 2.24) is 15.0 Å². The van der Waals surface area contributed by atoms with Crippen molar-refractivity contribution in [3.05, 3.63) is 34.5 Å². The number of pyridine rings is 1. The van der Waals surface area contributed by atoms with Crippen molar-refractivity contribution >= 4 is 33.9 Å². The summed E-state index contributed by atoms with van der Waals surface area (Å²) in [7, 11) is -1.18. The summed E-state index contributed by atoms with van der Waals surface area (Å²) in [6.45, 7) is 1.55. The van der Waals surface area contributed by atoms with Crippen molar-refractivity contribution in [3.8, 4) is 6.07 Å². The number of hydrogen-bond donors (Lipinski definition) is 2. The van der Waals surface area contributed by atoms with Crippen LogP contribution in [0, 0.1) is 23.2 Å². The van der Waals surface area contributed by atoms with E-state index in [4.69, 9.17) is 16.6 Å². The predicted octanol–water partition coefficient (Wildman–Crippen LogP) is 2.63. The molecular weight excluding hydrogens is 460 g/mol. The molecule has 5 aliphatic rings. The maximum atomic E-state index is 12.8. The molecule has 3 unspecified atom stereocenters. The molecule has 2 N–H and O–H groups in total. The molecular formula is C23H25ClN6O2S. The monoisotopic (exact) mass is 484 g/mol. The lowest BCUT2D eigenvalue weighted by atomic mass is 9.61. The zero-order valence-electron chi connectivity index (χ0n) is 18.1. The molecule has 0 aromatic carbocycles. The fourth-order valence-corrected chi connectivity index (χ4v) is 7.40. The van der Waals surface area contributed by atoms with Crippen LogP contribution in [-0.4, -0.2) is 55.3 Å². The van der Waals surface area contributed by atoms with Gasteiger partial charge in [0, 0.05) is 43.6 Å². The molecule has 5 heterocycles. The maximum absolute atomic E-state index is 12.8. The highest BCUT2D eigenvalue weighted by molar-refractivity contribution is 7.85. The number of aliphatic hydroxyl groups is 1. The average molecular weight is 485 g/mol. The van der Waals surface area contributed by atoms with E-state index < -0.39 is 16.3 Å². The molecule has 33 heavy (non-hydrogen) atoms. The van der Waals surface area contributed by atoms with Gasteiger partial charge in [0.1, 0.15) is 23.3 Å². The number of hydrogen-bond acceptors (Lipinski definition) is 8. The summed E-state index contributed by atoms with van der Waals surface area (Å²) in [6.07, 6.45) is 7.77. The molecule has 3 aliphatic heterocycles. The Labute approximate surface area is 199 Å². The lowest BCUT2D eigenvalue weighted by Gasteiger charge is -2.53. The fourth-order valence-electron chi connectivity index (χ4n) is 5.93. The zero-order chi connectivity index (χ0) is 22.7. The maximum Gasteiger partial charge on any atom is 0.149 e. The highest BCUT2D eigenvalue weighted by Crippen LogP contribution is 2.52. The molecule has 4 fully saturated rings. The van der Waals surface area contributed by atoms with E-state index in [1.54, 1.807) is 12.4 Å². The molecule has 3 atom stereocenters. The van der Waals surface area contributed by atoms with E-state index in [0.717, 1.165) is 50.3 Å². The molecule has 0 amide bonds. The van der Waals surface area contributed by atoms with E-state index in [-0.39, 0.29) is 6.61 Å². The van der Waals surface area contributed by atoms with Gasteiger partial charge in [-0.2, -0.15) is 5.26 Å². The summed E-state index contributed by atoms with van der Waals surface area (Å²) in [5.41, 5.74) is 1.45. The second-order valence-electron chi connectivity index (χ2n) is 9.74. The van der Waals surface area contributed by atoms with Gasteiger partial charge in [0.05, 0.1) is 44.2 Å². The highest BCUT2D eigenvalue weighted by Gasteiger charge is 2.50. The quantitative estimate of drug-likeness (QED) is 0.665. The number of piperidine rings is 2. The summed E-state index contributed by atoms with van der Waals surface area (Å²) in [5.74, 6) is 3.14. The Kier molecular flexibility index (Phi) is 5.09. The number of nitriles is 1. The van der Waals surface area contributed by atoms with Gasteiger partial charge >= 0.3 is 0 Å². The van der Waals surface area contributed by atoms with E-state index in [1.807, 2.05) is 0 Å². The van der Waals surface area contributed by atoms with E-state index in [9.17, 15) is 14.6 Å². The van der Waals surface area contributed by atoms with Gasteiger partial charge in [0.15, 0.2) is 0 Å². The van der Waals surface area contributed by atoms with Crippen LogP contribution in [0.1, 0.15) is 48.7 Å². The number of aryl methyl sites for hydroxylation is 1. The molecule has 2 aliphatic carbocycles. The number of fused-ring (bicyclic) bond motifs is 3. The van der Waals surface area contributed by atoms with E-state index in [1.165, 1.54) is 0 Å². The first kappa shape index (κ1) is 21.3. The summed E-state index contributed by atoms with van der Waals surface area (Å²) in [6, 6.07) is 2.36. The smallest absolute Gasteiger partial charge is 0.149 e. The number of aliphatic hydroxyl groups excluding tert-OH is 1. The van der Waals surface area contributed by atoms with Crippen LogP contribution in [-0.2, 0) is 17.2 Å². The Bertz CT molecular complexity index is 1160. The Morgan fingerprint density at radius 1 is 1.30 bits per heavy atom. The normalized spacial score (nSPS) is 28.9. The summed E-state index contributed by atoms with van der Waals surface area (Å²) < 4.78 is 12.8. The minimum absolute atomic E-state index is 0.00638. The third kappa shape index (κ3) is 3.34. The molecule has 2 saturated carbocycles. The Hall–Kier alpha value is -2.28. The zero-order valence-corrected chi connectivity index (χ0v) is 19.7. The van der Waals surface area contributed by atoms with Gasteiger partial charge < -0.3 is 15.3 Å². The highest BCUT2D eigenvalue weighted by atomic mass is 35.5. The number of aromatic nitrogens is 3. The minimum Gasteiger partial charge on any atom is -0.394 e. The fraction of sp³-hybridized carbons (Fsp3) is 0.565. The number of nitrogens with one attached hydrogen (secondary N) is 1. The lowest BCUT2D eigenvalue weighted by molar-refractivity contribution is 0.104. The molecule has 172 valence electrons. The Morgan fingerprint density at radius 3 is 2.64 bits per heavy atom. The third-order valence-corrected chi connectivity index (χ3v) is 9.51. The van der Waals surface area contributed by atoms with Crippen molar-refractivity contribution in [2.24, 2.45) is 11.8 Å². The topological polar surface area (TPSA) is 115 Å². The van der Waals surface area contributed by atoms with Gasteiger partial charge in [0.2, 0.25) is 0 Å². The first-order valence-electron chi connectivity index (χ1n) is 11.5. The Balaban J connectivity index is 1.35. The molecule has 0 radical (unpaired) electrons. The van der Waals surface area contributed by atoms with Crippen LogP contribution < -0.4 is 10.2 Å². The Morgan fingerprint density at radius 2 is 2.03 bits per heavy atom. The van der Waals surface area contributed by atoms with Crippen molar-refractivity contribution in [2.75, 3.05) is 35.7 Å². The van der Waals surface area contributed by atoms with Gasteiger partial charge in [-0.05, 0) is 37.5 Å². The van der Waals surface area contributed by atoms with Crippen molar-refractivity contribution in [2.45, 2.75) is 48.5 Å². The van der Waals surface area contributed by atoms with Crippen LogP contribution in [0.3, 0.4) is 0 Å². The molecule has 7 rings (SSSR count). The molecule has 2 aromatic rings. The van der Waals surface area contributed by atoms with Gasteiger partial charge in [0.25, 0.3) is 0 Å². The standard InChI is InChI=1S/C23H25ClN6O2S/c24-15-8-26-21(27-9-15)18-13-6-14(18)11-30(10-13)22-16(7-25)19(29-23(12-31)3-1-4-23)20-17(28-22)2-5-33(20)32/h8-9,13-14,18,31H,1-6,10-12H2,(H,28,29). The van der Waals surface area contributed by atoms with E-state index in [0.29, 0.717) is 56.9 Å². The number of anilines is 2. The SMILES string of the molecule is N#Cc1c(N2CC3CC(C2)C3c2ncc(Cl)cn2)nc2c(c1NC1(CO)CCC1)S(=O)CC2. The molecule has 2 aromatic heterocycles. The van der Waals surface area contributed by atoms with Crippen LogP contribution >= 0.6 is 11.6 Å². The average Bonchev–Trinajstić information content (AvgIpc) is 3.17. The molecule has 2 bridgehead atoms. The van der Waals surface area contributed by atoms with Gasteiger partial charge in [-0.1, -0.05) is 11.6 Å². The summed E-state index contributed by atoms with van der Waals surface area (Å²) in [4.78, 5) is 16.7. The van der Waals surface area contributed by atoms with Crippen LogP contribution in [0.15, 0.2) is 17.3 Å². The second kappa shape index (κ2) is 7.90. The molecule has 0 spiro atoms. The number of halogens is 1. The summed E-state index contributed by atoms with van der Waals surface area (Å²) >= 11 is 5.96. The van der Waals surface area contributed by atoms with Crippen LogP contribution in [0.25, 0.3) is 0 Å². The van der Waals surface area contributed by atoms with Crippen LogP contribution in [0.4, 0.5) is 11.5 Å². The van der Waals surface area contributed by atoms with Gasteiger partial charge in [-0.3, -0.25) is 4.21 Å². The molecule has 2 saturated heterocycles. The first-order valence-corrected chi connectivity index (χ1v) is 13.2. The van der Waals surface area contributed by atoms with Crippen molar-refractivity contribution in [3.63, 3.8) is 0 Å². The van der Waals surface area contributed by atoms with Crippen LogP contribution in [0.2, 0.25) is 5.02 Å². The first-order chi connectivity index (χ1) is 16.0. The van der Waals surface area contributed by atoms with Gasteiger partial charge in [-0.15, -0.1) is 0 Å². The van der Waals surface area contributed by atoms with E-state index in [2.05, 4.69) is 26.3 Å². The molecule has 10 heteroatoms. The molecule has 8 nitrogen and oxygen atoms in total. The van der Waals surface area contributed by atoms with Gasteiger partial charge in [-0.25, -0.2) is 15.0 Å². The lowest BCUT2D eigenvalue weighted by Crippen LogP contribution is -2.55. The number of rotatable bonds is 5. The number of nitrogens with zero attached hydrogens (tertiary/aromatic N) is 5. The van der Waals surface area contributed by atoms with Crippen molar-refractivity contribution < 1.29 is 9.32 Å². The predicted molar refractivity (Wildman–Crippen MR) is 125 cm³/mol. The largest absolute Gasteiger partial charge is 0.394 e. The summed E-state index contributed by atoms with van der Waals surface area (Å²) in [5, 5.41) is 24.2. The minimum atomic E-state index is -1.18. The second-order valence-corrected chi connectivity index (χ2v) is 11.7. The van der Waals surface area contributed by atoms with E-state index >= 15 is 0 Å². The third-order valence-electron chi connectivity index (χ3n) is 7.84. The van der Waals surface area contributed by atoms with Crippen LogP contribution in [0.5, 0.6) is 0 Å².